The highest BCUT2D eigenvalue weighted by molar-refractivity contribution is 5.76. The van der Waals surface area contributed by atoms with Crippen molar-refractivity contribution in [1.82, 2.24) is 25.1 Å². The van der Waals surface area contributed by atoms with Crippen LogP contribution in [0.3, 0.4) is 0 Å². The van der Waals surface area contributed by atoms with Gasteiger partial charge in [0, 0.05) is 31.6 Å². The van der Waals surface area contributed by atoms with Gasteiger partial charge in [0.1, 0.15) is 0 Å². The van der Waals surface area contributed by atoms with Crippen LogP contribution in [0.15, 0.2) is 30.3 Å². The van der Waals surface area contributed by atoms with Crippen molar-refractivity contribution in [2.45, 2.75) is 33.2 Å². The number of carbonyl (C=O) groups is 1. The molecule has 0 atom stereocenters. The average Bonchev–Trinajstić information content (AvgIpc) is 2.98. The molecule has 1 aromatic heterocycles. The summed E-state index contributed by atoms with van der Waals surface area (Å²) in [4.78, 5) is 13.8. The van der Waals surface area contributed by atoms with E-state index in [0.29, 0.717) is 13.0 Å². The SMILES string of the molecule is CCN(CC)C(=O)CCCn1nnnc1-c1ccccc1. The molecule has 2 rings (SSSR count). The second kappa shape index (κ2) is 7.52. The van der Waals surface area contributed by atoms with Gasteiger partial charge in [0.05, 0.1) is 0 Å². The highest BCUT2D eigenvalue weighted by Crippen LogP contribution is 2.15. The van der Waals surface area contributed by atoms with Crippen LogP contribution < -0.4 is 0 Å². The lowest BCUT2D eigenvalue weighted by atomic mass is 10.2. The maximum Gasteiger partial charge on any atom is 0.222 e. The zero-order valence-electron chi connectivity index (χ0n) is 12.6. The number of amides is 1. The van der Waals surface area contributed by atoms with E-state index < -0.39 is 0 Å². The molecular formula is C15H21N5O. The molecule has 21 heavy (non-hydrogen) atoms. The summed E-state index contributed by atoms with van der Waals surface area (Å²) in [6.07, 6.45) is 1.26. The highest BCUT2D eigenvalue weighted by atomic mass is 16.2. The van der Waals surface area contributed by atoms with Gasteiger partial charge >= 0.3 is 0 Å². The second-order valence-electron chi connectivity index (χ2n) is 4.76. The summed E-state index contributed by atoms with van der Waals surface area (Å²) in [5.74, 6) is 0.931. The van der Waals surface area contributed by atoms with Gasteiger partial charge in [0.2, 0.25) is 5.91 Å². The molecule has 0 bridgehead atoms. The number of aryl methyl sites for hydroxylation is 1. The molecule has 0 saturated carbocycles. The molecule has 2 aromatic rings. The van der Waals surface area contributed by atoms with E-state index in [4.69, 9.17) is 0 Å². The van der Waals surface area contributed by atoms with Crippen LogP contribution in [0.1, 0.15) is 26.7 Å². The van der Waals surface area contributed by atoms with Gasteiger partial charge < -0.3 is 4.90 Å². The second-order valence-corrected chi connectivity index (χ2v) is 4.76. The minimum Gasteiger partial charge on any atom is -0.343 e. The smallest absolute Gasteiger partial charge is 0.222 e. The normalized spacial score (nSPS) is 10.6. The fourth-order valence-corrected chi connectivity index (χ4v) is 2.26. The van der Waals surface area contributed by atoms with Crippen LogP contribution in [0.5, 0.6) is 0 Å². The third-order valence-electron chi connectivity index (χ3n) is 3.44. The lowest BCUT2D eigenvalue weighted by molar-refractivity contribution is -0.130. The Morgan fingerprint density at radius 1 is 1.19 bits per heavy atom. The van der Waals surface area contributed by atoms with Crippen molar-refractivity contribution in [2.24, 2.45) is 0 Å². The Balaban J connectivity index is 1.93. The van der Waals surface area contributed by atoms with Crippen molar-refractivity contribution in [3.8, 4) is 11.4 Å². The molecule has 112 valence electrons. The van der Waals surface area contributed by atoms with E-state index in [2.05, 4.69) is 15.5 Å². The Kier molecular flexibility index (Phi) is 5.43. The Morgan fingerprint density at radius 3 is 2.57 bits per heavy atom. The summed E-state index contributed by atoms with van der Waals surface area (Å²) >= 11 is 0. The minimum absolute atomic E-state index is 0.189. The first-order valence-corrected chi connectivity index (χ1v) is 7.35. The first-order chi connectivity index (χ1) is 10.3. The lowest BCUT2D eigenvalue weighted by Gasteiger charge is -2.18. The van der Waals surface area contributed by atoms with Crippen LogP contribution in [0.2, 0.25) is 0 Å². The van der Waals surface area contributed by atoms with Gasteiger partial charge in [-0.15, -0.1) is 5.10 Å². The lowest BCUT2D eigenvalue weighted by Crippen LogP contribution is -2.30. The van der Waals surface area contributed by atoms with Crippen molar-refractivity contribution in [3.63, 3.8) is 0 Å². The summed E-state index contributed by atoms with van der Waals surface area (Å²) in [5.41, 5.74) is 0.984. The predicted molar refractivity (Wildman–Crippen MR) is 80.4 cm³/mol. The Morgan fingerprint density at radius 2 is 1.90 bits per heavy atom. The zero-order valence-corrected chi connectivity index (χ0v) is 12.6. The number of rotatable bonds is 7. The maximum atomic E-state index is 12.0. The fraction of sp³-hybridized carbons (Fsp3) is 0.467. The van der Waals surface area contributed by atoms with E-state index >= 15 is 0 Å². The fourth-order valence-electron chi connectivity index (χ4n) is 2.26. The van der Waals surface area contributed by atoms with E-state index in [1.54, 1.807) is 4.68 Å². The molecule has 0 aliphatic heterocycles. The van der Waals surface area contributed by atoms with Crippen LogP contribution in [-0.2, 0) is 11.3 Å². The summed E-state index contributed by atoms with van der Waals surface area (Å²) in [6, 6.07) is 9.82. The summed E-state index contributed by atoms with van der Waals surface area (Å²) in [7, 11) is 0. The first-order valence-electron chi connectivity index (χ1n) is 7.35. The minimum atomic E-state index is 0.189. The van der Waals surface area contributed by atoms with Crippen LogP contribution in [-0.4, -0.2) is 44.1 Å². The topological polar surface area (TPSA) is 63.9 Å². The molecule has 6 nitrogen and oxygen atoms in total. The molecule has 0 aliphatic carbocycles. The standard InChI is InChI=1S/C15H21N5O/c1-3-19(4-2)14(21)11-8-12-20-15(16-17-18-20)13-9-6-5-7-10-13/h5-7,9-10H,3-4,8,11-12H2,1-2H3. The van der Waals surface area contributed by atoms with Crippen LogP contribution in [0, 0.1) is 0 Å². The molecule has 0 unspecified atom stereocenters. The molecular weight excluding hydrogens is 266 g/mol. The van der Waals surface area contributed by atoms with Gasteiger partial charge in [0.25, 0.3) is 0 Å². The van der Waals surface area contributed by atoms with Gasteiger partial charge in [-0.25, -0.2) is 4.68 Å². The average molecular weight is 287 g/mol. The van der Waals surface area contributed by atoms with E-state index in [1.165, 1.54) is 0 Å². The van der Waals surface area contributed by atoms with Crippen LogP contribution >= 0.6 is 0 Å². The zero-order chi connectivity index (χ0) is 15.1. The summed E-state index contributed by atoms with van der Waals surface area (Å²) in [5, 5.41) is 11.8. The molecule has 0 radical (unpaired) electrons. The van der Waals surface area contributed by atoms with Crippen molar-refractivity contribution in [3.05, 3.63) is 30.3 Å². The highest BCUT2D eigenvalue weighted by Gasteiger charge is 2.11. The molecule has 1 heterocycles. The monoisotopic (exact) mass is 287 g/mol. The van der Waals surface area contributed by atoms with E-state index in [0.717, 1.165) is 30.9 Å². The van der Waals surface area contributed by atoms with Crippen LogP contribution in [0.25, 0.3) is 11.4 Å². The molecule has 0 fully saturated rings. The molecule has 1 aromatic carbocycles. The molecule has 0 saturated heterocycles. The number of hydrogen-bond donors (Lipinski definition) is 0. The van der Waals surface area contributed by atoms with Gasteiger partial charge in [-0.1, -0.05) is 30.3 Å². The van der Waals surface area contributed by atoms with Gasteiger partial charge in [-0.3, -0.25) is 4.79 Å². The predicted octanol–water partition coefficient (Wildman–Crippen LogP) is 1.99. The van der Waals surface area contributed by atoms with E-state index in [-0.39, 0.29) is 5.91 Å². The van der Waals surface area contributed by atoms with Crippen molar-refractivity contribution in [2.75, 3.05) is 13.1 Å². The van der Waals surface area contributed by atoms with Gasteiger partial charge in [-0.2, -0.15) is 0 Å². The van der Waals surface area contributed by atoms with Crippen molar-refractivity contribution >= 4 is 5.91 Å². The van der Waals surface area contributed by atoms with E-state index in [1.807, 2.05) is 49.1 Å². The molecule has 1 amide bonds. The Labute approximate surface area is 124 Å². The molecule has 0 N–H and O–H groups in total. The largest absolute Gasteiger partial charge is 0.343 e. The molecule has 6 heteroatoms. The van der Waals surface area contributed by atoms with E-state index in [9.17, 15) is 4.79 Å². The Bertz CT molecular complexity index is 562. The quantitative estimate of drug-likeness (QED) is 0.781. The van der Waals surface area contributed by atoms with Crippen molar-refractivity contribution < 1.29 is 4.79 Å². The van der Waals surface area contributed by atoms with Crippen molar-refractivity contribution in [1.29, 1.82) is 0 Å². The number of hydrogen-bond acceptors (Lipinski definition) is 4. The third kappa shape index (κ3) is 3.87. The number of nitrogens with zero attached hydrogens (tertiary/aromatic N) is 5. The number of aromatic nitrogens is 4. The van der Waals surface area contributed by atoms with Gasteiger partial charge in [0.15, 0.2) is 5.82 Å². The number of tetrazole rings is 1. The van der Waals surface area contributed by atoms with Crippen LogP contribution in [0.4, 0.5) is 0 Å². The van der Waals surface area contributed by atoms with Gasteiger partial charge in [-0.05, 0) is 30.7 Å². The number of benzene rings is 1. The molecule has 0 aliphatic rings. The summed E-state index contributed by atoms with van der Waals surface area (Å²) in [6.45, 7) is 6.15. The summed E-state index contributed by atoms with van der Waals surface area (Å²) < 4.78 is 1.75. The Hall–Kier alpha value is -2.24. The third-order valence-corrected chi connectivity index (χ3v) is 3.44. The number of carbonyl (C=O) groups excluding carboxylic acids is 1. The molecule has 0 spiro atoms. The first kappa shape index (κ1) is 15.2. The maximum absolute atomic E-state index is 12.0.